The van der Waals surface area contributed by atoms with Gasteiger partial charge in [-0.3, -0.25) is 9.59 Å². The number of carbonyl (C=O) groups is 2. The van der Waals surface area contributed by atoms with E-state index >= 15 is 0 Å². The summed E-state index contributed by atoms with van der Waals surface area (Å²) in [5, 5.41) is 12.1. The summed E-state index contributed by atoms with van der Waals surface area (Å²) in [5.74, 6) is 1.13. The summed E-state index contributed by atoms with van der Waals surface area (Å²) < 4.78 is 1.93. The average molecular weight is 373 g/mol. The molecule has 138 valence electrons. The molecule has 1 aromatic heterocycles. The minimum Gasteiger partial charge on any atom is -0.370 e. The first kappa shape index (κ1) is 18.4. The molecule has 1 atom stereocenters. The van der Waals surface area contributed by atoms with Gasteiger partial charge in [0.05, 0.1) is 11.8 Å². The number of rotatable bonds is 9. The number of carbonyl (C=O) groups excluding carboxylic acids is 2. The highest BCUT2D eigenvalue weighted by atomic mass is 32.2. The van der Waals surface area contributed by atoms with Crippen LogP contribution in [-0.2, 0) is 16.1 Å². The molecule has 8 heteroatoms. The van der Waals surface area contributed by atoms with E-state index in [1.165, 1.54) is 11.8 Å². The van der Waals surface area contributed by atoms with E-state index in [-0.39, 0.29) is 30.0 Å². The number of benzene rings is 1. The molecular formula is C18H23N5O2S. The lowest BCUT2D eigenvalue weighted by Gasteiger charge is -2.14. The predicted molar refractivity (Wildman–Crippen MR) is 99.5 cm³/mol. The Hall–Kier alpha value is -2.35. The molecule has 0 spiro atoms. The van der Waals surface area contributed by atoms with E-state index in [2.05, 4.69) is 15.5 Å². The second-order valence-electron chi connectivity index (χ2n) is 6.47. The summed E-state index contributed by atoms with van der Waals surface area (Å²) >= 11 is 1.34. The van der Waals surface area contributed by atoms with Gasteiger partial charge >= 0.3 is 0 Å². The fraction of sp³-hybridized carbons (Fsp3) is 0.444. The molecule has 1 aliphatic carbocycles. The summed E-state index contributed by atoms with van der Waals surface area (Å²) in [6.45, 7) is 2.41. The summed E-state index contributed by atoms with van der Waals surface area (Å²) in [6.07, 6.45) is 2.42. The van der Waals surface area contributed by atoms with Crippen molar-refractivity contribution in [3.05, 3.63) is 41.7 Å². The molecule has 3 rings (SSSR count). The Bertz CT molecular complexity index is 773. The zero-order chi connectivity index (χ0) is 18.5. The van der Waals surface area contributed by atoms with Crippen LogP contribution in [0.25, 0.3) is 0 Å². The zero-order valence-corrected chi connectivity index (χ0v) is 15.5. The largest absolute Gasteiger partial charge is 0.370 e. The first-order chi connectivity index (χ1) is 12.5. The van der Waals surface area contributed by atoms with Crippen molar-refractivity contribution in [1.82, 2.24) is 20.1 Å². The lowest BCUT2D eigenvalue weighted by atomic mass is 10.1. The van der Waals surface area contributed by atoms with Crippen LogP contribution in [0, 0.1) is 0 Å². The maximum absolute atomic E-state index is 12.3. The van der Waals surface area contributed by atoms with E-state index in [9.17, 15) is 9.59 Å². The third-order valence-electron chi connectivity index (χ3n) is 4.28. The highest BCUT2D eigenvalue weighted by Crippen LogP contribution is 2.40. The van der Waals surface area contributed by atoms with E-state index in [0.29, 0.717) is 17.6 Å². The van der Waals surface area contributed by atoms with Gasteiger partial charge in [-0.2, -0.15) is 0 Å². The Labute approximate surface area is 156 Å². The van der Waals surface area contributed by atoms with Crippen molar-refractivity contribution in [3.8, 4) is 0 Å². The third-order valence-corrected chi connectivity index (χ3v) is 5.25. The summed E-state index contributed by atoms with van der Waals surface area (Å²) in [6, 6.07) is 9.77. The molecule has 1 heterocycles. The predicted octanol–water partition coefficient (Wildman–Crippen LogP) is 2.00. The third kappa shape index (κ3) is 4.85. The Morgan fingerprint density at radius 3 is 2.69 bits per heavy atom. The van der Waals surface area contributed by atoms with Crippen molar-refractivity contribution in [1.29, 1.82) is 0 Å². The van der Waals surface area contributed by atoms with Crippen molar-refractivity contribution < 1.29 is 9.59 Å². The second kappa shape index (κ2) is 8.35. The Kier molecular flexibility index (Phi) is 5.92. The van der Waals surface area contributed by atoms with Crippen molar-refractivity contribution in [2.75, 3.05) is 5.75 Å². The van der Waals surface area contributed by atoms with Gasteiger partial charge in [0.2, 0.25) is 11.8 Å². The molecule has 0 saturated heterocycles. The number of nitrogens with zero attached hydrogens (tertiary/aromatic N) is 3. The molecule has 2 amide bonds. The topological polar surface area (TPSA) is 103 Å². The van der Waals surface area contributed by atoms with E-state index in [0.717, 1.165) is 24.2 Å². The maximum Gasteiger partial charge on any atom is 0.230 e. The normalized spacial score (nSPS) is 14.8. The Balaban J connectivity index is 1.58. The molecule has 0 radical (unpaired) electrons. The maximum atomic E-state index is 12.3. The van der Waals surface area contributed by atoms with Gasteiger partial charge < -0.3 is 15.6 Å². The summed E-state index contributed by atoms with van der Waals surface area (Å²) in [7, 11) is 0. The molecule has 2 aromatic rings. The van der Waals surface area contributed by atoms with Crippen LogP contribution in [0.3, 0.4) is 0 Å². The van der Waals surface area contributed by atoms with Gasteiger partial charge in [0.1, 0.15) is 5.82 Å². The van der Waals surface area contributed by atoms with Crippen molar-refractivity contribution >= 4 is 23.6 Å². The zero-order valence-electron chi connectivity index (χ0n) is 14.7. The highest BCUT2D eigenvalue weighted by molar-refractivity contribution is 7.99. The van der Waals surface area contributed by atoms with Gasteiger partial charge in [-0.1, -0.05) is 42.1 Å². The van der Waals surface area contributed by atoms with Gasteiger partial charge in [0.15, 0.2) is 5.16 Å². The molecule has 1 fully saturated rings. The molecule has 0 bridgehead atoms. The SMILES string of the molecule is CC(NC(=O)CSc1nnc(C2CC2)n1CCC(N)=O)c1ccccc1. The molecular weight excluding hydrogens is 350 g/mol. The van der Waals surface area contributed by atoms with Crippen LogP contribution < -0.4 is 11.1 Å². The van der Waals surface area contributed by atoms with Crippen LogP contribution in [0.15, 0.2) is 35.5 Å². The second-order valence-corrected chi connectivity index (χ2v) is 7.41. The Morgan fingerprint density at radius 2 is 2.04 bits per heavy atom. The summed E-state index contributed by atoms with van der Waals surface area (Å²) in [5.41, 5.74) is 6.33. The lowest BCUT2D eigenvalue weighted by molar-refractivity contribution is -0.119. The van der Waals surface area contributed by atoms with Gasteiger partial charge in [-0.25, -0.2) is 0 Å². The fourth-order valence-corrected chi connectivity index (χ4v) is 3.50. The van der Waals surface area contributed by atoms with E-state index in [1.807, 2.05) is 41.8 Å². The first-order valence-electron chi connectivity index (χ1n) is 8.73. The molecule has 1 aliphatic rings. The van der Waals surface area contributed by atoms with Crippen molar-refractivity contribution in [2.24, 2.45) is 5.73 Å². The van der Waals surface area contributed by atoms with Crippen LogP contribution in [0.1, 0.15) is 49.5 Å². The standard InChI is InChI=1S/C18H23N5O2S/c1-12(13-5-3-2-4-6-13)20-16(25)11-26-18-22-21-17(14-7-8-14)23(18)10-9-15(19)24/h2-6,12,14H,7-11H2,1H3,(H2,19,24)(H,20,25). The van der Waals surface area contributed by atoms with Crippen LogP contribution in [0.2, 0.25) is 0 Å². The molecule has 1 unspecified atom stereocenters. The van der Waals surface area contributed by atoms with Gasteiger partial charge in [-0.15, -0.1) is 10.2 Å². The number of amides is 2. The van der Waals surface area contributed by atoms with Crippen molar-refractivity contribution in [2.45, 2.75) is 49.8 Å². The summed E-state index contributed by atoms with van der Waals surface area (Å²) in [4.78, 5) is 23.4. The van der Waals surface area contributed by atoms with Crippen LogP contribution in [-0.4, -0.2) is 32.3 Å². The number of nitrogens with two attached hydrogens (primary N) is 1. The molecule has 3 N–H and O–H groups in total. The number of thioether (sulfide) groups is 1. The van der Waals surface area contributed by atoms with E-state index < -0.39 is 0 Å². The van der Waals surface area contributed by atoms with E-state index in [4.69, 9.17) is 5.73 Å². The quantitative estimate of drug-likeness (QED) is 0.655. The first-order valence-corrected chi connectivity index (χ1v) is 9.71. The molecule has 7 nitrogen and oxygen atoms in total. The number of hydrogen-bond acceptors (Lipinski definition) is 5. The lowest BCUT2D eigenvalue weighted by Crippen LogP contribution is -2.28. The number of hydrogen-bond donors (Lipinski definition) is 2. The molecule has 1 aromatic carbocycles. The fourth-order valence-electron chi connectivity index (χ4n) is 2.72. The van der Waals surface area contributed by atoms with Crippen molar-refractivity contribution in [3.63, 3.8) is 0 Å². The Morgan fingerprint density at radius 1 is 1.31 bits per heavy atom. The van der Waals surface area contributed by atoms with Gasteiger partial charge in [0.25, 0.3) is 0 Å². The number of primary amides is 1. The average Bonchev–Trinajstić information content (AvgIpc) is 3.39. The van der Waals surface area contributed by atoms with Crippen LogP contribution in [0.5, 0.6) is 0 Å². The minimum atomic E-state index is -0.356. The van der Waals surface area contributed by atoms with Crippen LogP contribution >= 0.6 is 11.8 Å². The van der Waals surface area contributed by atoms with E-state index in [1.54, 1.807) is 0 Å². The number of aromatic nitrogens is 3. The number of nitrogens with one attached hydrogen (secondary N) is 1. The minimum absolute atomic E-state index is 0.0564. The molecule has 0 aliphatic heterocycles. The monoisotopic (exact) mass is 373 g/mol. The highest BCUT2D eigenvalue weighted by Gasteiger charge is 2.30. The van der Waals surface area contributed by atoms with Crippen LogP contribution in [0.4, 0.5) is 0 Å². The van der Waals surface area contributed by atoms with Gasteiger partial charge in [-0.05, 0) is 25.3 Å². The van der Waals surface area contributed by atoms with Gasteiger partial charge in [0, 0.05) is 18.9 Å². The molecule has 1 saturated carbocycles. The molecule has 26 heavy (non-hydrogen) atoms. The smallest absolute Gasteiger partial charge is 0.230 e.